The zero-order valence-electron chi connectivity index (χ0n) is 10.3. The van der Waals surface area contributed by atoms with Crippen molar-refractivity contribution in [1.29, 1.82) is 0 Å². The van der Waals surface area contributed by atoms with Gasteiger partial charge >= 0.3 is 6.18 Å². The number of imidazole rings is 1. The second-order valence-corrected chi connectivity index (χ2v) is 5.29. The molecule has 0 aliphatic carbocycles. The number of aromatic amines is 1. The molecule has 1 heterocycles. The van der Waals surface area contributed by atoms with Crippen LogP contribution in [0.1, 0.15) is 5.56 Å². The number of nitrogens with zero attached hydrogens (tertiary/aromatic N) is 1. The third-order valence-electron chi connectivity index (χ3n) is 2.99. The zero-order valence-corrected chi connectivity index (χ0v) is 11.9. The molecule has 2 aromatic carbocycles. The number of benzene rings is 2. The van der Waals surface area contributed by atoms with E-state index < -0.39 is 17.6 Å². The molecule has 0 amide bonds. The van der Waals surface area contributed by atoms with Crippen LogP contribution >= 0.6 is 15.9 Å². The van der Waals surface area contributed by atoms with E-state index in [0.717, 1.165) is 12.1 Å². The fourth-order valence-corrected chi connectivity index (χ4v) is 2.43. The van der Waals surface area contributed by atoms with Crippen molar-refractivity contribution in [1.82, 2.24) is 9.97 Å². The smallest absolute Gasteiger partial charge is 0.338 e. The first-order valence-corrected chi connectivity index (χ1v) is 6.66. The molecule has 0 radical (unpaired) electrons. The number of H-pyrrole nitrogens is 1. The molecule has 0 saturated carbocycles. The highest BCUT2D eigenvalue weighted by atomic mass is 79.9. The van der Waals surface area contributed by atoms with Crippen LogP contribution in [0, 0.1) is 5.82 Å². The lowest BCUT2D eigenvalue weighted by Crippen LogP contribution is -2.04. The van der Waals surface area contributed by atoms with Gasteiger partial charge in [0.1, 0.15) is 11.6 Å². The molecule has 0 spiro atoms. The molecular weight excluding hydrogens is 352 g/mol. The Morgan fingerprint density at radius 3 is 2.52 bits per heavy atom. The first-order chi connectivity index (χ1) is 9.84. The SMILES string of the molecule is Fc1ccc(Br)c(-c2nc3ccc(C(F)(F)F)cc3[nH]2)c1. The van der Waals surface area contributed by atoms with E-state index in [1.54, 1.807) is 0 Å². The molecule has 0 atom stereocenters. The summed E-state index contributed by atoms with van der Waals surface area (Å²) in [5, 5.41) is 0. The van der Waals surface area contributed by atoms with Crippen molar-refractivity contribution in [3.63, 3.8) is 0 Å². The van der Waals surface area contributed by atoms with E-state index in [0.29, 0.717) is 21.4 Å². The summed E-state index contributed by atoms with van der Waals surface area (Å²) < 4.78 is 51.9. The van der Waals surface area contributed by atoms with E-state index in [9.17, 15) is 17.6 Å². The topological polar surface area (TPSA) is 28.7 Å². The Balaban J connectivity index is 2.15. The van der Waals surface area contributed by atoms with Crippen LogP contribution in [-0.2, 0) is 6.18 Å². The Hall–Kier alpha value is -1.89. The highest BCUT2D eigenvalue weighted by Crippen LogP contribution is 2.33. The number of halogens is 5. The molecule has 0 saturated heterocycles. The van der Waals surface area contributed by atoms with Gasteiger partial charge in [0.05, 0.1) is 16.6 Å². The van der Waals surface area contributed by atoms with E-state index in [2.05, 4.69) is 25.9 Å². The number of rotatable bonds is 1. The number of fused-ring (bicyclic) bond motifs is 1. The quantitative estimate of drug-likeness (QED) is 0.598. The summed E-state index contributed by atoms with van der Waals surface area (Å²) in [4.78, 5) is 6.97. The summed E-state index contributed by atoms with van der Waals surface area (Å²) in [6, 6.07) is 7.28. The van der Waals surface area contributed by atoms with Crippen LogP contribution < -0.4 is 0 Å². The van der Waals surface area contributed by atoms with Crippen molar-refractivity contribution >= 4 is 27.0 Å². The minimum atomic E-state index is -4.42. The van der Waals surface area contributed by atoms with Gasteiger partial charge in [-0.05, 0) is 36.4 Å². The van der Waals surface area contributed by atoms with Gasteiger partial charge in [-0.15, -0.1) is 0 Å². The van der Waals surface area contributed by atoms with Crippen LogP contribution in [0.5, 0.6) is 0 Å². The Labute approximate surface area is 124 Å². The van der Waals surface area contributed by atoms with Gasteiger partial charge in [0.2, 0.25) is 0 Å². The zero-order chi connectivity index (χ0) is 15.2. The molecule has 2 nitrogen and oxygen atoms in total. The molecule has 7 heteroatoms. The van der Waals surface area contributed by atoms with Gasteiger partial charge in [0, 0.05) is 10.0 Å². The maximum absolute atomic E-state index is 13.3. The lowest BCUT2D eigenvalue weighted by Gasteiger charge is -2.05. The molecule has 0 fully saturated rings. The van der Waals surface area contributed by atoms with E-state index in [1.165, 1.54) is 24.3 Å². The fourth-order valence-electron chi connectivity index (χ4n) is 1.99. The maximum atomic E-state index is 13.3. The Kier molecular flexibility index (Phi) is 3.24. The van der Waals surface area contributed by atoms with Crippen LogP contribution in [0.2, 0.25) is 0 Å². The summed E-state index contributed by atoms with van der Waals surface area (Å²) >= 11 is 3.26. The largest absolute Gasteiger partial charge is 0.416 e. The standard InChI is InChI=1S/C14H7BrF4N2/c15-10-3-2-8(16)6-9(10)13-20-11-4-1-7(14(17,18)19)5-12(11)21-13/h1-6H,(H,20,21). The van der Waals surface area contributed by atoms with Crippen molar-refractivity contribution in [2.45, 2.75) is 6.18 Å². The summed E-state index contributed by atoms with van der Waals surface area (Å²) in [7, 11) is 0. The van der Waals surface area contributed by atoms with E-state index in [4.69, 9.17) is 0 Å². The lowest BCUT2D eigenvalue weighted by atomic mass is 10.2. The van der Waals surface area contributed by atoms with Crippen molar-refractivity contribution in [3.05, 3.63) is 52.3 Å². The predicted molar refractivity (Wildman–Crippen MR) is 74.2 cm³/mol. The molecule has 3 aromatic rings. The number of hydrogen-bond acceptors (Lipinski definition) is 1. The normalized spacial score (nSPS) is 12.0. The highest BCUT2D eigenvalue weighted by molar-refractivity contribution is 9.10. The van der Waals surface area contributed by atoms with Crippen molar-refractivity contribution in [3.8, 4) is 11.4 Å². The Morgan fingerprint density at radius 2 is 1.81 bits per heavy atom. The summed E-state index contributed by atoms with van der Waals surface area (Å²) in [6.45, 7) is 0. The van der Waals surface area contributed by atoms with Crippen LogP contribution in [0.4, 0.5) is 17.6 Å². The Morgan fingerprint density at radius 1 is 1.05 bits per heavy atom. The average Bonchev–Trinajstić information content (AvgIpc) is 2.83. The molecular formula is C14H7BrF4N2. The van der Waals surface area contributed by atoms with Crippen LogP contribution in [0.3, 0.4) is 0 Å². The number of hydrogen-bond donors (Lipinski definition) is 1. The molecule has 3 rings (SSSR count). The maximum Gasteiger partial charge on any atom is 0.416 e. The summed E-state index contributed by atoms with van der Waals surface area (Å²) in [5.74, 6) is -0.152. The number of alkyl halides is 3. The third kappa shape index (κ3) is 2.65. The van der Waals surface area contributed by atoms with Gasteiger partial charge < -0.3 is 4.98 Å². The predicted octanol–water partition coefficient (Wildman–Crippen LogP) is 5.15. The lowest BCUT2D eigenvalue weighted by molar-refractivity contribution is -0.137. The molecule has 1 aromatic heterocycles. The van der Waals surface area contributed by atoms with Gasteiger partial charge in [-0.3, -0.25) is 0 Å². The molecule has 108 valence electrons. The molecule has 0 unspecified atom stereocenters. The van der Waals surface area contributed by atoms with E-state index >= 15 is 0 Å². The fraction of sp³-hybridized carbons (Fsp3) is 0.0714. The average molecular weight is 359 g/mol. The first kappa shape index (κ1) is 14.1. The van der Waals surface area contributed by atoms with Gasteiger partial charge in [-0.25, -0.2) is 9.37 Å². The second-order valence-electron chi connectivity index (χ2n) is 4.44. The van der Waals surface area contributed by atoms with Crippen LogP contribution in [0.15, 0.2) is 40.9 Å². The third-order valence-corrected chi connectivity index (χ3v) is 3.68. The molecule has 21 heavy (non-hydrogen) atoms. The number of nitrogens with one attached hydrogen (secondary N) is 1. The highest BCUT2D eigenvalue weighted by Gasteiger charge is 2.30. The minimum Gasteiger partial charge on any atom is -0.338 e. The Bertz CT molecular complexity index is 823. The van der Waals surface area contributed by atoms with Gasteiger partial charge in [0.15, 0.2) is 0 Å². The molecule has 1 N–H and O–H groups in total. The van der Waals surface area contributed by atoms with Crippen molar-refractivity contribution < 1.29 is 17.6 Å². The summed E-state index contributed by atoms with van der Waals surface area (Å²) in [5.41, 5.74) is 0.313. The van der Waals surface area contributed by atoms with E-state index in [-0.39, 0.29) is 5.52 Å². The van der Waals surface area contributed by atoms with Gasteiger partial charge in [-0.1, -0.05) is 15.9 Å². The van der Waals surface area contributed by atoms with Gasteiger partial charge in [-0.2, -0.15) is 13.2 Å². The monoisotopic (exact) mass is 358 g/mol. The van der Waals surface area contributed by atoms with Crippen LogP contribution in [0.25, 0.3) is 22.4 Å². The molecule has 0 bridgehead atoms. The second kappa shape index (κ2) is 4.84. The number of aromatic nitrogens is 2. The minimum absolute atomic E-state index is 0.246. The van der Waals surface area contributed by atoms with Crippen molar-refractivity contribution in [2.75, 3.05) is 0 Å². The van der Waals surface area contributed by atoms with Crippen LogP contribution in [-0.4, -0.2) is 9.97 Å². The molecule has 0 aliphatic rings. The molecule has 0 aliphatic heterocycles. The van der Waals surface area contributed by atoms with E-state index in [1.807, 2.05) is 0 Å². The van der Waals surface area contributed by atoms with Crippen molar-refractivity contribution in [2.24, 2.45) is 0 Å². The summed E-state index contributed by atoms with van der Waals surface area (Å²) in [6.07, 6.45) is -4.42. The first-order valence-electron chi connectivity index (χ1n) is 5.87. The van der Waals surface area contributed by atoms with Gasteiger partial charge in [0.25, 0.3) is 0 Å².